The fourth-order valence-electron chi connectivity index (χ4n) is 2.11. The highest BCUT2D eigenvalue weighted by atomic mass is 32.2. The molecule has 3 rings (SSSR count). The molecule has 0 aliphatic heterocycles. The van der Waals surface area contributed by atoms with E-state index >= 15 is 0 Å². The van der Waals surface area contributed by atoms with E-state index < -0.39 is 5.97 Å². The molecule has 96 valence electrons. The molecular weight excluding hydrogens is 262 g/mol. The van der Waals surface area contributed by atoms with Crippen LogP contribution in [0, 0.1) is 0 Å². The van der Waals surface area contributed by atoms with Crippen molar-refractivity contribution in [2.24, 2.45) is 0 Å². The maximum Gasteiger partial charge on any atom is 0.338 e. The molecule has 2 aromatic rings. The zero-order valence-electron chi connectivity index (χ0n) is 10.0. The number of carbonyl (C=O) groups is 1. The molecule has 0 saturated heterocycles. The van der Waals surface area contributed by atoms with E-state index in [9.17, 15) is 9.90 Å². The number of carboxylic acids is 1. The highest BCUT2D eigenvalue weighted by molar-refractivity contribution is 7.99. The van der Waals surface area contributed by atoms with Crippen LogP contribution in [-0.4, -0.2) is 26.0 Å². The van der Waals surface area contributed by atoms with E-state index in [2.05, 4.69) is 15.0 Å². The maximum absolute atomic E-state index is 11.3. The van der Waals surface area contributed by atoms with Crippen LogP contribution >= 0.6 is 11.8 Å². The van der Waals surface area contributed by atoms with E-state index in [1.807, 2.05) is 0 Å². The van der Waals surface area contributed by atoms with Crippen LogP contribution in [0.2, 0.25) is 0 Å². The minimum Gasteiger partial charge on any atom is -0.478 e. The number of aromatic nitrogens is 3. The Morgan fingerprint density at radius 1 is 1.26 bits per heavy atom. The number of carboxylic acid groups (broad SMARTS) is 1. The Bertz CT molecular complexity index is 631. The second-order valence-electron chi connectivity index (χ2n) is 4.24. The molecule has 19 heavy (non-hydrogen) atoms. The third-order valence-electron chi connectivity index (χ3n) is 2.98. The van der Waals surface area contributed by atoms with Crippen molar-refractivity contribution >= 4 is 17.7 Å². The molecule has 0 amide bonds. The predicted octanol–water partition coefficient (Wildman–Crippen LogP) is 2.21. The number of aryl methyl sites for hydroxylation is 2. The van der Waals surface area contributed by atoms with E-state index in [4.69, 9.17) is 0 Å². The van der Waals surface area contributed by atoms with Gasteiger partial charge in [0, 0.05) is 18.1 Å². The number of hydrogen-bond acceptors (Lipinski definition) is 5. The topological polar surface area (TPSA) is 76.0 Å². The first-order valence-electron chi connectivity index (χ1n) is 5.95. The van der Waals surface area contributed by atoms with Crippen molar-refractivity contribution in [3.05, 3.63) is 41.3 Å². The van der Waals surface area contributed by atoms with Crippen molar-refractivity contribution in [1.82, 2.24) is 15.0 Å². The number of rotatable bonds is 3. The molecule has 5 nitrogen and oxygen atoms in total. The van der Waals surface area contributed by atoms with Crippen molar-refractivity contribution in [3.63, 3.8) is 0 Å². The lowest BCUT2D eigenvalue weighted by atomic mass is 10.1. The van der Waals surface area contributed by atoms with Crippen molar-refractivity contribution in [2.75, 3.05) is 0 Å². The third-order valence-corrected chi connectivity index (χ3v) is 3.87. The molecule has 0 spiro atoms. The average molecular weight is 273 g/mol. The zero-order valence-corrected chi connectivity index (χ0v) is 10.9. The molecule has 0 saturated carbocycles. The maximum atomic E-state index is 11.3. The van der Waals surface area contributed by atoms with Gasteiger partial charge in [0.2, 0.25) is 0 Å². The number of fused-ring (bicyclic) bond motifs is 1. The van der Waals surface area contributed by atoms with Gasteiger partial charge >= 0.3 is 5.97 Å². The van der Waals surface area contributed by atoms with Gasteiger partial charge in [0.05, 0.1) is 5.56 Å². The fourth-order valence-corrected chi connectivity index (χ4v) is 2.92. The van der Waals surface area contributed by atoms with Gasteiger partial charge in [-0.15, -0.1) is 0 Å². The van der Waals surface area contributed by atoms with Crippen LogP contribution in [0.15, 0.2) is 34.7 Å². The van der Waals surface area contributed by atoms with E-state index in [0.29, 0.717) is 10.2 Å². The van der Waals surface area contributed by atoms with Crippen LogP contribution in [0.1, 0.15) is 28.0 Å². The van der Waals surface area contributed by atoms with E-state index in [1.165, 1.54) is 11.8 Å². The van der Waals surface area contributed by atoms with Crippen molar-refractivity contribution in [3.8, 4) is 0 Å². The number of hydrogen-bond donors (Lipinski definition) is 1. The first-order chi connectivity index (χ1) is 9.24. The van der Waals surface area contributed by atoms with E-state index in [0.717, 1.165) is 30.5 Å². The molecule has 6 heteroatoms. The second-order valence-corrected chi connectivity index (χ2v) is 5.20. The summed E-state index contributed by atoms with van der Waals surface area (Å²) in [6.45, 7) is 0. The Hall–Kier alpha value is -1.95. The molecule has 0 atom stereocenters. The van der Waals surface area contributed by atoms with Gasteiger partial charge in [0.25, 0.3) is 0 Å². The quantitative estimate of drug-likeness (QED) is 0.864. The number of aromatic carboxylic acids is 1. The van der Waals surface area contributed by atoms with Gasteiger partial charge in [-0.3, -0.25) is 0 Å². The second kappa shape index (κ2) is 4.97. The molecule has 1 aliphatic rings. The van der Waals surface area contributed by atoms with Crippen LogP contribution in [0.4, 0.5) is 0 Å². The fraction of sp³-hybridized carbons (Fsp3) is 0.231. The number of nitrogens with zero attached hydrogens (tertiary/aromatic N) is 3. The molecule has 0 aromatic carbocycles. The van der Waals surface area contributed by atoms with Crippen molar-refractivity contribution in [1.29, 1.82) is 0 Å². The Kier molecular flexibility index (Phi) is 3.16. The van der Waals surface area contributed by atoms with Crippen LogP contribution in [-0.2, 0) is 12.8 Å². The first kappa shape index (κ1) is 12.1. The molecule has 1 aliphatic carbocycles. The zero-order chi connectivity index (χ0) is 13.2. The van der Waals surface area contributed by atoms with Crippen LogP contribution in [0.25, 0.3) is 0 Å². The van der Waals surface area contributed by atoms with Gasteiger partial charge in [0.15, 0.2) is 5.16 Å². The average Bonchev–Trinajstić information content (AvgIpc) is 2.86. The molecule has 0 unspecified atom stereocenters. The summed E-state index contributed by atoms with van der Waals surface area (Å²) in [6, 6.07) is 3.46. The van der Waals surface area contributed by atoms with Crippen LogP contribution in [0.5, 0.6) is 0 Å². The Labute approximate surface area is 114 Å². The summed E-state index contributed by atoms with van der Waals surface area (Å²) >= 11 is 1.19. The molecule has 0 fully saturated rings. The summed E-state index contributed by atoms with van der Waals surface area (Å²) in [6.07, 6.45) is 6.12. The molecule has 2 aromatic heterocycles. The van der Waals surface area contributed by atoms with Gasteiger partial charge in [0.1, 0.15) is 5.03 Å². The van der Waals surface area contributed by atoms with Crippen molar-refractivity contribution in [2.45, 2.75) is 29.4 Å². The van der Waals surface area contributed by atoms with Gasteiger partial charge in [-0.2, -0.15) is 0 Å². The molecule has 0 radical (unpaired) electrons. The molecule has 2 heterocycles. The lowest BCUT2D eigenvalue weighted by Gasteiger charge is -2.07. The van der Waals surface area contributed by atoms with Gasteiger partial charge in [-0.05, 0) is 48.7 Å². The lowest BCUT2D eigenvalue weighted by Crippen LogP contribution is -2.04. The van der Waals surface area contributed by atoms with Crippen molar-refractivity contribution < 1.29 is 9.90 Å². The minimum atomic E-state index is -0.958. The predicted molar refractivity (Wildman–Crippen MR) is 69.4 cm³/mol. The van der Waals surface area contributed by atoms with Crippen LogP contribution < -0.4 is 0 Å². The summed E-state index contributed by atoms with van der Waals surface area (Å²) in [4.78, 5) is 24.0. The smallest absolute Gasteiger partial charge is 0.338 e. The SMILES string of the molecule is O=C(O)c1cc2c(nc1Sc1ncccn1)CCC2. The number of pyridine rings is 1. The Morgan fingerprint density at radius 3 is 2.79 bits per heavy atom. The Morgan fingerprint density at radius 2 is 2.05 bits per heavy atom. The van der Waals surface area contributed by atoms with Crippen LogP contribution in [0.3, 0.4) is 0 Å². The largest absolute Gasteiger partial charge is 0.478 e. The lowest BCUT2D eigenvalue weighted by molar-refractivity contribution is 0.0692. The van der Waals surface area contributed by atoms with Gasteiger partial charge < -0.3 is 5.11 Å². The summed E-state index contributed by atoms with van der Waals surface area (Å²) in [7, 11) is 0. The Balaban J connectivity index is 2.02. The monoisotopic (exact) mass is 273 g/mol. The molecule has 0 bridgehead atoms. The summed E-state index contributed by atoms with van der Waals surface area (Å²) < 4.78 is 0. The molecular formula is C13H11N3O2S. The summed E-state index contributed by atoms with van der Waals surface area (Å²) in [5.74, 6) is -0.958. The summed E-state index contributed by atoms with van der Waals surface area (Å²) in [5.41, 5.74) is 2.29. The standard InChI is InChI=1S/C13H11N3O2S/c17-12(18)9-7-8-3-1-4-10(8)16-11(9)19-13-14-5-2-6-15-13/h2,5-7H,1,3-4H2,(H,17,18). The van der Waals surface area contributed by atoms with E-state index in [1.54, 1.807) is 24.5 Å². The third kappa shape index (κ3) is 2.44. The minimum absolute atomic E-state index is 0.234. The van der Waals surface area contributed by atoms with Gasteiger partial charge in [-0.1, -0.05) is 0 Å². The van der Waals surface area contributed by atoms with Gasteiger partial charge in [-0.25, -0.2) is 19.7 Å². The molecule has 1 N–H and O–H groups in total. The normalized spacial score (nSPS) is 13.3. The van der Waals surface area contributed by atoms with E-state index in [-0.39, 0.29) is 5.56 Å². The highest BCUT2D eigenvalue weighted by Gasteiger charge is 2.21. The first-order valence-corrected chi connectivity index (χ1v) is 6.76. The highest BCUT2D eigenvalue weighted by Crippen LogP contribution is 2.30. The summed E-state index contributed by atoms with van der Waals surface area (Å²) in [5, 5.41) is 10.3.